The number of aryl methyl sites for hydroxylation is 1. The van der Waals surface area contributed by atoms with E-state index < -0.39 is 5.97 Å². The highest BCUT2D eigenvalue weighted by Gasteiger charge is 2.06. The Balaban J connectivity index is 2.73. The predicted molar refractivity (Wildman–Crippen MR) is 45.9 cm³/mol. The van der Waals surface area contributed by atoms with Crippen molar-refractivity contribution in [3.63, 3.8) is 0 Å². The van der Waals surface area contributed by atoms with Crippen LogP contribution in [-0.4, -0.2) is 30.5 Å². The molecule has 0 aliphatic carbocycles. The van der Waals surface area contributed by atoms with E-state index in [-0.39, 0.29) is 5.69 Å². The number of carboxylic acids is 1. The summed E-state index contributed by atoms with van der Waals surface area (Å²) >= 11 is 2.18. The predicted octanol–water partition coefficient (Wildman–Crippen LogP) is 0.411. The summed E-state index contributed by atoms with van der Waals surface area (Å²) in [6, 6.07) is 0. The van der Waals surface area contributed by atoms with E-state index in [4.69, 9.17) is 5.11 Å². The molecular formula is C5H6IN3O2. The lowest BCUT2D eigenvalue weighted by molar-refractivity contribution is 0.0690. The highest BCUT2D eigenvalue weighted by atomic mass is 127. The second kappa shape index (κ2) is 3.65. The summed E-state index contributed by atoms with van der Waals surface area (Å²) in [6.45, 7) is 0.695. The molecule has 5 nitrogen and oxygen atoms in total. The Labute approximate surface area is 76.5 Å². The standard InChI is InChI=1S/C5H6IN3O2/c6-1-2-9-3-4(5(10)11)7-8-9/h3H,1-2H2,(H,10,11). The smallest absolute Gasteiger partial charge is 0.358 e. The van der Waals surface area contributed by atoms with Crippen molar-refractivity contribution in [2.24, 2.45) is 0 Å². The molecule has 0 aliphatic rings. The summed E-state index contributed by atoms with van der Waals surface area (Å²) < 4.78 is 2.40. The first-order valence-electron chi connectivity index (χ1n) is 2.93. The fourth-order valence-electron chi connectivity index (χ4n) is 0.592. The fraction of sp³-hybridized carbons (Fsp3) is 0.400. The molecule has 0 unspecified atom stereocenters. The molecule has 1 aromatic rings. The van der Waals surface area contributed by atoms with E-state index in [1.807, 2.05) is 0 Å². The molecule has 11 heavy (non-hydrogen) atoms. The van der Waals surface area contributed by atoms with Gasteiger partial charge >= 0.3 is 5.97 Å². The highest BCUT2D eigenvalue weighted by molar-refractivity contribution is 14.1. The molecule has 0 atom stereocenters. The van der Waals surface area contributed by atoms with Gasteiger partial charge in [0.15, 0.2) is 5.69 Å². The number of carbonyl (C=O) groups is 1. The van der Waals surface area contributed by atoms with Gasteiger partial charge in [0, 0.05) is 4.43 Å². The quantitative estimate of drug-likeness (QED) is 0.636. The summed E-state index contributed by atoms with van der Waals surface area (Å²) in [5.41, 5.74) is -0.00477. The summed E-state index contributed by atoms with van der Waals surface area (Å²) in [5.74, 6) is -1.04. The van der Waals surface area contributed by atoms with Gasteiger partial charge in [-0.1, -0.05) is 27.8 Å². The van der Waals surface area contributed by atoms with Crippen molar-refractivity contribution in [3.05, 3.63) is 11.9 Å². The summed E-state index contributed by atoms with van der Waals surface area (Å²) in [6.07, 6.45) is 1.42. The minimum atomic E-state index is -1.04. The van der Waals surface area contributed by atoms with E-state index in [9.17, 15) is 4.79 Å². The lowest BCUT2D eigenvalue weighted by atomic mass is 10.5. The molecule has 0 aliphatic heterocycles. The molecule has 1 N–H and O–H groups in total. The Morgan fingerprint density at radius 1 is 1.82 bits per heavy atom. The van der Waals surface area contributed by atoms with Crippen molar-refractivity contribution in [3.8, 4) is 0 Å². The van der Waals surface area contributed by atoms with Crippen LogP contribution in [0.4, 0.5) is 0 Å². The van der Waals surface area contributed by atoms with Gasteiger partial charge in [-0.3, -0.25) is 4.68 Å². The molecule has 0 saturated carbocycles. The van der Waals surface area contributed by atoms with E-state index in [0.29, 0.717) is 6.54 Å². The van der Waals surface area contributed by atoms with Crippen LogP contribution in [0.1, 0.15) is 10.5 Å². The monoisotopic (exact) mass is 267 g/mol. The molecule has 0 amide bonds. The number of aromatic nitrogens is 3. The number of carboxylic acid groups (broad SMARTS) is 1. The van der Waals surface area contributed by atoms with E-state index in [1.165, 1.54) is 10.9 Å². The van der Waals surface area contributed by atoms with Crippen molar-refractivity contribution < 1.29 is 9.90 Å². The van der Waals surface area contributed by atoms with Crippen molar-refractivity contribution in [1.82, 2.24) is 15.0 Å². The first-order valence-corrected chi connectivity index (χ1v) is 4.46. The molecule has 0 bridgehead atoms. The van der Waals surface area contributed by atoms with Crippen LogP contribution in [0.5, 0.6) is 0 Å². The van der Waals surface area contributed by atoms with Crippen LogP contribution in [0.25, 0.3) is 0 Å². The van der Waals surface area contributed by atoms with Gasteiger partial charge < -0.3 is 5.11 Å². The van der Waals surface area contributed by atoms with Crippen LogP contribution in [0.15, 0.2) is 6.20 Å². The third kappa shape index (κ3) is 2.14. The van der Waals surface area contributed by atoms with E-state index >= 15 is 0 Å². The van der Waals surface area contributed by atoms with Gasteiger partial charge in [0.05, 0.1) is 12.7 Å². The molecule has 60 valence electrons. The van der Waals surface area contributed by atoms with E-state index in [1.54, 1.807) is 0 Å². The van der Waals surface area contributed by atoms with Crippen LogP contribution in [-0.2, 0) is 6.54 Å². The average molecular weight is 267 g/mol. The Morgan fingerprint density at radius 3 is 3.00 bits per heavy atom. The van der Waals surface area contributed by atoms with Gasteiger partial charge in [0.2, 0.25) is 0 Å². The fourth-order valence-corrected chi connectivity index (χ4v) is 1.09. The second-order valence-electron chi connectivity index (χ2n) is 1.86. The third-order valence-corrected chi connectivity index (χ3v) is 1.55. The number of nitrogens with zero attached hydrogens (tertiary/aromatic N) is 3. The lowest BCUT2D eigenvalue weighted by Crippen LogP contribution is -1.99. The lowest BCUT2D eigenvalue weighted by Gasteiger charge is -1.90. The Morgan fingerprint density at radius 2 is 2.55 bits per heavy atom. The zero-order valence-electron chi connectivity index (χ0n) is 5.57. The van der Waals surface area contributed by atoms with Gasteiger partial charge in [-0.05, 0) is 0 Å². The SMILES string of the molecule is O=C(O)c1cn(CCI)nn1. The average Bonchev–Trinajstić information content (AvgIpc) is 2.37. The largest absolute Gasteiger partial charge is 0.476 e. The maximum Gasteiger partial charge on any atom is 0.358 e. The topological polar surface area (TPSA) is 68.0 Å². The Hall–Kier alpha value is -0.660. The number of alkyl halides is 1. The minimum Gasteiger partial charge on any atom is -0.476 e. The maximum atomic E-state index is 10.3. The zero-order chi connectivity index (χ0) is 8.27. The van der Waals surface area contributed by atoms with Crippen molar-refractivity contribution in [2.45, 2.75) is 6.54 Å². The third-order valence-electron chi connectivity index (χ3n) is 1.07. The summed E-state index contributed by atoms with van der Waals surface area (Å²) in [4.78, 5) is 10.3. The van der Waals surface area contributed by atoms with Crippen LogP contribution >= 0.6 is 22.6 Å². The highest BCUT2D eigenvalue weighted by Crippen LogP contribution is 1.93. The van der Waals surface area contributed by atoms with Crippen molar-refractivity contribution in [2.75, 3.05) is 4.43 Å². The number of aromatic carboxylic acids is 1. The minimum absolute atomic E-state index is 0.00477. The van der Waals surface area contributed by atoms with Gasteiger partial charge in [0.1, 0.15) is 0 Å². The van der Waals surface area contributed by atoms with Crippen molar-refractivity contribution >= 4 is 28.6 Å². The molecule has 1 aromatic heterocycles. The van der Waals surface area contributed by atoms with Crippen LogP contribution in [0.3, 0.4) is 0 Å². The molecule has 0 radical (unpaired) electrons. The van der Waals surface area contributed by atoms with Gasteiger partial charge in [-0.2, -0.15) is 0 Å². The van der Waals surface area contributed by atoms with Crippen LogP contribution < -0.4 is 0 Å². The Kier molecular flexibility index (Phi) is 2.80. The molecule has 0 aromatic carbocycles. The second-order valence-corrected chi connectivity index (χ2v) is 2.94. The van der Waals surface area contributed by atoms with Gasteiger partial charge in [0.25, 0.3) is 0 Å². The van der Waals surface area contributed by atoms with Gasteiger partial charge in [-0.25, -0.2) is 4.79 Å². The molecule has 1 rings (SSSR count). The number of hydrogen-bond acceptors (Lipinski definition) is 3. The molecule has 0 fully saturated rings. The Bertz CT molecular complexity index is 260. The zero-order valence-corrected chi connectivity index (χ0v) is 7.72. The maximum absolute atomic E-state index is 10.3. The molecule has 6 heteroatoms. The first-order chi connectivity index (χ1) is 5.24. The molecule has 1 heterocycles. The number of hydrogen-bond donors (Lipinski definition) is 1. The number of rotatable bonds is 3. The summed E-state index contributed by atoms with van der Waals surface area (Å²) in [7, 11) is 0. The van der Waals surface area contributed by atoms with Crippen LogP contribution in [0, 0.1) is 0 Å². The summed E-state index contributed by atoms with van der Waals surface area (Å²) in [5, 5.41) is 15.5. The molecule has 0 saturated heterocycles. The van der Waals surface area contributed by atoms with E-state index in [2.05, 4.69) is 32.9 Å². The van der Waals surface area contributed by atoms with Crippen LogP contribution in [0.2, 0.25) is 0 Å². The van der Waals surface area contributed by atoms with Gasteiger partial charge in [-0.15, -0.1) is 5.10 Å². The van der Waals surface area contributed by atoms with E-state index in [0.717, 1.165) is 4.43 Å². The molecular weight excluding hydrogens is 261 g/mol. The number of halogens is 1. The normalized spacial score (nSPS) is 9.91. The first kappa shape index (κ1) is 8.44. The van der Waals surface area contributed by atoms with Crippen molar-refractivity contribution in [1.29, 1.82) is 0 Å². The molecule has 0 spiro atoms.